The van der Waals surface area contributed by atoms with Crippen LogP contribution in [0.25, 0.3) is 0 Å². The van der Waals surface area contributed by atoms with Crippen LogP contribution in [0.4, 0.5) is 0 Å². The molecule has 9 heteroatoms. The third kappa shape index (κ3) is 3.38. The van der Waals surface area contributed by atoms with Gasteiger partial charge in [-0.3, -0.25) is 5.10 Å². The Bertz CT molecular complexity index is 638. The van der Waals surface area contributed by atoms with Crippen LogP contribution in [0.3, 0.4) is 0 Å². The second-order valence-corrected chi connectivity index (χ2v) is 5.91. The summed E-state index contributed by atoms with van der Waals surface area (Å²) in [5.74, 6) is 0.445. The van der Waals surface area contributed by atoms with Crippen LogP contribution < -0.4 is 10.0 Å². The third-order valence-electron chi connectivity index (χ3n) is 2.63. The Kier molecular flexibility index (Phi) is 4.42. The molecular formula is C11H16N6O2S. The van der Waals surface area contributed by atoms with E-state index in [1.165, 1.54) is 18.6 Å². The topological polar surface area (TPSA) is 113 Å². The lowest BCUT2D eigenvalue weighted by molar-refractivity contribution is 0.556. The van der Waals surface area contributed by atoms with Gasteiger partial charge in [-0.2, -0.15) is 9.82 Å². The summed E-state index contributed by atoms with van der Waals surface area (Å²) >= 11 is 0. The van der Waals surface area contributed by atoms with Gasteiger partial charge in [0.1, 0.15) is 12.2 Å². The fourth-order valence-corrected chi connectivity index (χ4v) is 2.79. The highest BCUT2D eigenvalue weighted by atomic mass is 32.2. The van der Waals surface area contributed by atoms with Crippen molar-refractivity contribution in [1.29, 1.82) is 0 Å². The standard InChI is InChI=1S/C11H16N6O2S/c1-8(11-14-7-15-16-11)17-20(18,19)10-4-3-9(5-12-2)6-13-10/h3-4,6-8,12,17H,5H2,1-2H3,(H,14,15,16). The number of aromatic nitrogens is 4. The minimum absolute atomic E-state index is 0.0243. The van der Waals surface area contributed by atoms with Crippen molar-refractivity contribution < 1.29 is 8.42 Å². The molecular weight excluding hydrogens is 280 g/mol. The normalized spacial score (nSPS) is 13.3. The Morgan fingerprint density at radius 3 is 2.70 bits per heavy atom. The number of pyridine rings is 1. The molecule has 1 atom stereocenters. The highest BCUT2D eigenvalue weighted by molar-refractivity contribution is 7.89. The molecule has 2 aromatic rings. The Morgan fingerprint density at radius 2 is 2.15 bits per heavy atom. The molecule has 2 heterocycles. The zero-order chi connectivity index (χ0) is 14.6. The minimum atomic E-state index is -3.69. The molecule has 108 valence electrons. The lowest BCUT2D eigenvalue weighted by Gasteiger charge is -2.11. The average molecular weight is 296 g/mol. The molecule has 0 radical (unpaired) electrons. The molecule has 1 unspecified atom stereocenters. The maximum Gasteiger partial charge on any atom is 0.258 e. The Labute approximate surface area is 117 Å². The first kappa shape index (κ1) is 14.6. The van der Waals surface area contributed by atoms with Crippen molar-refractivity contribution in [3.8, 4) is 0 Å². The van der Waals surface area contributed by atoms with Gasteiger partial charge in [-0.25, -0.2) is 18.4 Å². The lowest BCUT2D eigenvalue weighted by Crippen LogP contribution is -2.28. The molecule has 2 rings (SSSR count). The van der Waals surface area contributed by atoms with Gasteiger partial charge < -0.3 is 5.32 Å². The van der Waals surface area contributed by atoms with Crippen LogP contribution in [0.5, 0.6) is 0 Å². The van der Waals surface area contributed by atoms with Crippen molar-refractivity contribution in [3.63, 3.8) is 0 Å². The van der Waals surface area contributed by atoms with Gasteiger partial charge >= 0.3 is 0 Å². The van der Waals surface area contributed by atoms with E-state index in [1.807, 2.05) is 7.05 Å². The SMILES string of the molecule is CNCc1ccc(S(=O)(=O)NC(C)c2ncn[nH]2)nc1. The van der Waals surface area contributed by atoms with Crippen molar-refractivity contribution in [1.82, 2.24) is 30.2 Å². The number of hydrogen-bond donors (Lipinski definition) is 3. The molecule has 0 bridgehead atoms. The summed E-state index contributed by atoms with van der Waals surface area (Å²) in [7, 11) is -1.88. The van der Waals surface area contributed by atoms with Gasteiger partial charge in [-0.05, 0) is 25.6 Å². The fourth-order valence-electron chi connectivity index (χ4n) is 1.65. The monoisotopic (exact) mass is 296 g/mol. The van der Waals surface area contributed by atoms with E-state index in [-0.39, 0.29) is 5.03 Å². The molecule has 0 aliphatic carbocycles. The highest BCUT2D eigenvalue weighted by Gasteiger charge is 2.20. The molecule has 20 heavy (non-hydrogen) atoms. The van der Waals surface area contributed by atoms with Crippen LogP contribution >= 0.6 is 0 Å². The highest BCUT2D eigenvalue weighted by Crippen LogP contribution is 2.12. The van der Waals surface area contributed by atoms with Crippen molar-refractivity contribution in [2.75, 3.05) is 7.05 Å². The van der Waals surface area contributed by atoms with Gasteiger partial charge in [-0.1, -0.05) is 6.07 Å². The van der Waals surface area contributed by atoms with Crippen molar-refractivity contribution in [2.45, 2.75) is 24.5 Å². The van der Waals surface area contributed by atoms with E-state index in [0.717, 1.165) is 5.56 Å². The van der Waals surface area contributed by atoms with E-state index in [9.17, 15) is 8.42 Å². The maximum absolute atomic E-state index is 12.2. The van der Waals surface area contributed by atoms with Gasteiger partial charge in [0.2, 0.25) is 0 Å². The second-order valence-electron chi connectivity index (χ2n) is 4.25. The molecule has 0 aliphatic rings. The number of aromatic amines is 1. The largest absolute Gasteiger partial charge is 0.316 e. The Morgan fingerprint density at radius 1 is 1.35 bits per heavy atom. The van der Waals surface area contributed by atoms with E-state index < -0.39 is 16.1 Å². The van der Waals surface area contributed by atoms with Gasteiger partial charge in [0, 0.05) is 12.7 Å². The van der Waals surface area contributed by atoms with Crippen LogP contribution in [-0.2, 0) is 16.6 Å². The number of nitrogens with one attached hydrogen (secondary N) is 3. The van der Waals surface area contributed by atoms with Crippen LogP contribution in [0.2, 0.25) is 0 Å². The van der Waals surface area contributed by atoms with Gasteiger partial charge in [0.05, 0.1) is 6.04 Å². The zero-order valence-electron chi connectivity index (χ0n) is 11.2. The lowest BCUT2D eigenvalue weighted by atomic mass is 10.3. The summed E-state index contributed by atoms with van der Waals surface area (Å²) in [6.07, 6.45) is 2.86. The molecule has 3 N–H and O–H groups in total. The molecule has 2 aromatic heterocycles. The number of H-pyrrole nitrogens is 1. The Balaban J connectivity index is 2.13. The third-order valence-corrected chi connectivity index (χ3v) is 4.09. The van der Waals surface area contributed by atoms with E-state index in [1.54, 1.807) is 13.0 Å². The van der Waals surface area contributed by atoms with Crippen molar-refractivity contribution in [3.05, 3.63) is 36.0 Å². The molecule has 0 amide bonds. The number of nitrogens with zero attached hydrogens (tertiary/aromatic N) is 3. The van der Waals surface area contributed by atoms with E-state index in [2.05, 4.69) is 30.2 Å². The first-order valence-electron chi connectivity index (χ1n) is 6.00. The number of sulfonamides is 1. The quantitative estimate of drug-likeness (QED) is 0.689. The summed E-state index contributed by atoms with van der Waals surface area (Å²) in [6, 6.07) is 2.68. The molecule has 0 spiro atoms. The fraction of sp³-hybridized carbons (Fsp3) is 0.364. The van der Waals surface area contributed by atoms with E-state index >= 15 is 0 Å². The molecule has 8 nitrogen and oxygen atoms in total. The van der Waals surface area contributed by atoms with Crippen LogP contribution in [0.15, 0.2) is 29.7 Å². The van der Waals surface area contributed by atoms with Crippen molar-refractivity contribution in [2.24, 2.45) is 0 Å². The van der Waals surface area contributed by atoms with Crippen LogP contribution in [0.1, 0.15) is 24.4 Å². The van der Waals surface area contributed by atoms with Gasteiger partial charge in [0.15, 0.2) is 5.03 Å². The first-order valence-corrected chi connectivity index (χ1v) is 7.48. The molecule has 0 saturated heterocycles. The number of hydrogen-bond acceptors (Lipinski definition) is 6. The number of rotatable bonds is 6. The zero-order valence-corrected chi connectivity index (χ0v) is 12.0. The molecule has 0 saturated carbocycles. The van der Waals surface area contributed by atoms with Crippen molar-refractivity contribution >= 4 is 10.0 Å². The Hall–Kier alpha value is -1.84. The van der Waals surface area contributed by atoms with Crippen LogP contribution in [-0.4, -0.2) is 35.6 Å². The molecule has 0 fully saturated rings. The smallest absolute Gasteiger partial charge is 0.258 e. The predicted molar refractivity (Wildman–Crippen MR) is 72.1 cm³/mol. The van der Waals surface area contributed by atoms with Crippen LogP contribution in [0, 0.1) is 0 Å². The van der Waals surface area contributed by atoms with E-state index in [0.29, 0.717) is 12.4 Å². The molecule has 0 aromatic carbocycles. The van der Waals surface area contributed by atoms with Gasteiger partial charge in [0.25, 0.3) is 10.0 Å². The summed E-state index contributed by atoms with van der Waals surface area (Å²) in [5.41, 5.74) is 0.912. The summed E-state index contributed by atoms with van der Waals surface area (Å²) in [5, 5.41) is 9.25. The maximum atomic E-state index is 12.2. The average Bonchev–Trinajstić information content (AvgIpc) is 2.93. The summed E-state index contributed by atoms with van der Waals surface area (Å²) < 4.78 is 26.8. The molecule has 0 aliphatic heterocycles. The summed E-state index contributed by atoms with van der Waals surface area (Å²) in [4.78, 5) is 7.88. The van der Waals surface area contributed by atoms with Gasteiger partial charge in [-0.15, -0.1) is 0 Å². The summed E-state index contributed by atoms with van der Waals surface area (Å²) in [6.45, 7) is 2.31. The van der Waals surface area contributed by atoms with E-state index in [4.69, 9.17) is 0 Å². The second kappa shape index (κ2) is 6.07. The minimum Gasteiger partial charge on any atom is -0.316 e. The predicted octanol–water partition coefficient (Wildman–Crippen LogP) is -0.0414. The first-order chi connectivity index (χ1) is 9.53.